The molecule has 3 aromatic rings. The molecule has 0 saturated heterocycles. The third kappa shape index (κ3) is 5.44. The molecule has 0 aliphatic heterocycles. The molecule has 0 bridgehead atoms. The molecule has 0 spiro atoms. The minimum Gasteiger partial charge on any atom is -0.497 e. The van der Waals surface area contributed by atoms with Crippen LogP contribution in [0.1, 0.15) is 20.7 Å². The zero-order valence-corrected chi connectivity index (χ0v) is 16.4. The van der Waals surface area contributed by atoms with Gasteiger partial charge in [-0.2, -0.15) is 0 Å². The summed E-state index contributed by atoms with van der Waals surface area (Å²) < 4.78 is 5.09. The van der Waals surface area contributed by atoms with Gasteiger partial charge in [-0.25, -0.2) is 4.98 Å². The number of hydrogen-bond donors (Lipinski definition) is 4. The first-order chi connectivity index (χ1) is 14.6. The highest BCUT2D eigenvalue weighted by molar-refractivity contribution is 6.05. The molecule has 154 valence electrons. The lowest BCUT2D eigenvalue weighted by molar-refractivity contribution is 0.0954. The summed E-state index contributed by atoms with van der Waals surface area (Å²) in [6, 6.07) is 11.8. The number of pyridine rings is 2. The van der Waals surface area contributed by atoms with Gasteiger partial charge in [0.15, 0.2) is 0 Å². The lowest BCUT2D eigenvalue weighted by Gasteiger charge is -2.10. The van der Waals surface area contributed by atoms with Gasteiger partial charge in [-0.3, -0.25) is 14.6 Å². The Hall–Kier alpha value is -4.14. The van der Waals surface area contributed by atoms with E-state index in [1.54, 1.807) is 55.8 Å². The van der Waals surface area contributed by atoms with Crippen molar-refractivity contribution >= 4 is 29.0 Å². The lowest BCUT2D eigenvalue weighted by atomic mass is 10.2. The van der Waals surface area contributed by atoms with E-state index in [4.69, 9.17) is 10.5 Å². The Kier molecular flexibility index (Phi) is 6.78. The molecule has 2 amide bonds. The van der Waals surface area contributed by atoms with Gasteiger partial charge >= 0.3 is 0 Å². The molecule has 2 heterocycles. The van der Waals surface area contributed by atoms with Crippen molar-refractivity contribution in [3.63, 3.8) is 0 Å². The first kappa shape index (κ1) is 20.6. The molecule has 30 heavy (non-hydrogen) atoms. The fourth-order valence-electron chi connectivity index (χ4n) is 2.57. The van der Waals surface area contributed by atoms with Crippen LogP contribution in [0.5, 0.6) is 5.75 Å². The van der Waals surface area contributed by atoms with E-state index in [1.807, 2.05) is 0 Å². The molecule has 0 radical (unpaired) electrons. The molecule has 0 atom stereocenters. The van der Waals surface area contributed by atoms with Crippen LogP contribution in [0.25, 0.3) is 0 Å². The second-order valence-corrected chi connectivity index (χ2v) is 6.26. The monoisotopic (exact) mass is 406 g/mol. The van der Waals surface area contributed by atoms with Crippen LogP contribution in [-0.4, -0.2) is 42.0 Å². The lowest BCUT2D eigenvalue weighted by Crippen LogP contribution is -2.28. The number of nitrogens with zero attached hydrogens (tertiary/aromatic N) is 2. The quantitative estimate of drug-likeness (QED) is 0.333. The summed E-state index contributed by atoms with van der Waals surface area (Å²) in [5, 5.41) is 8.61. The second-order valence-electron chi connectivity index (χ2n) is 6.26. The average molecular weight is 406 g/mol. The van der Waals surface area contributed by atoms with E-state index in [0.29, 0.717) is 47.2 Å². The third-order valence-corrected chi connectivity index (χ3v) is 4.17. The highest BCUT2D eigenvalue weighted by Gasteiger charge is 2.10. The summed E-state index contributed by atoms with van der Waals surface area (Å²) in [5.41, 5.74) is 7.71. The van der Waals surface area contributed by atoms with Gasteiger partial charge < -0.3 is 26.4 Å². The summed E-state index contributed by atoms with van der Waals surface area (Å²) in [5.74, 6) is 0.683. The van der Waals surface area contributed by atoms with Gasteiger partial charge in [0.2, 0.25) is 0 Å². The Balaban J connectivity index is 1.47. The molecular formula is C21H22N6O3. The number of ether oxygens (including phenoxy) is 1. The van der Waals surface area contributed by atoms with Crippen LogP contribution in [-0.2, 0) is 0 Å². The van der Waals surface area contributed by atoms with Gasteiger partial charge in [0, 0.05) is 37.7 Å². The Bertz CT molecular complexity index is 1010. The van der Waals surface area contributed by atoms with Gasteiger partial charge in [0.25, 0.3) is 11.8 Å². The summed E-state index contributed by atoms with van der Waals surface area (Å²) in [4.78, 5) is 32.5. The van der Waals surface area contributed by atoms with E-state index in [9.17, 15) is 9.59 Å². The van der Waals surface area contributed by atoms with Crippen LogP contribution in [0, 0.1) is 0 Å². The van der Waals surface area contributed by atoms with E-state index in [1.165, 1.54) is 12.4 Å². The van der Waals surface area contributed by atoms with E-state index >= 15 is 0 Å². The van der Waals surface area contributed by atoms with Crippen molar-refractivity contribution in [3.8, 4) is 5.75 Å². The number of hydrogen-bond acceptors (Lipinski definition) is 7. The molecule has 0 aliphatic carbocycles. The molecule has 9 nitrogen and oxygen atoms in total. The maximum atomic E-state index is 12.4. The first-order valence-electron chi connectivity index (χ1n) is 9.20. The molecule has 0 fully saturated rings. The van der Waals surface area contributed by atoms with Gasteiger partial charge in [-0.05, 0) is 36.4 Å². The smallest absolute Gasteiger partial charge is 0.257 e. The average Bonchev–Trinajstić information content (AvgIpc) is 2.78. The third-order valence-electron chi connectivity index (χ3n) is 4.17. The fourth-order valence-corrected chi connectivity index (χ4v) is 2.57. The topological polar surface area (TPSA) is 131 Å². The zero-order valence-electron chi connectivity index (χ0n) is 16.4. The second kappa shape index (κ2) is 9.87. The predicted molar refractivity (Wildman–Crippen MR) is 115 cm³/mol. The minimum atomic E-state index is -0.324. The molecule has 1 aromatic carbocycles. The number of methoxy groups -OCH3 is 1. The Morgan fingerprint density at radius 1 is 1.03 bits per heavy atom. The standard InChI is InChI=1S/C21H22N6O3/c1-30-16-5-6-18(17(22)11-16)27-21(29)15-4-7-19(26-13-15)24-9-10-25-20(28)14-3-2-8-23-12-14/h2-8,11-13H,9-10,22H2,1H3,(H,24,26)(H,25,28)(H,27,29). The van der Waals surface area contributed by atoms with Gasteiger partial charge in [-0.15, -0.1) is 0 Å². The highest BCUT2D eigenvalue weighted by Crippen LogP contribution is 2.24. The highest BCUT2D eigenvalue weighted by atomic mass is 16.5. The fraction of sp³-hybridized carbons (Fsp3) is 0.143. The number of carbonyl (C=O) groups excluding carboxylic acids is 2. The number of benzene rings is 1. The normalized spacial score (nSPS) is 10.2. The molecule has 0 saturated carbocycles. The van der Waals surface area contributed by atoms with E-state index in [2.05, 4.69) is 25.9 Å². The maximum Gasteiger partial charge on any atom is 0.257 e. The summed E-state index contributed by atoms with van der Waals surface area (Å²) in [6.45, 7) is 0.890. The van der Waals surface area contributed by atoms with Crippen LogP contribution in [0.4, 0.5) is 17.2 Å². The molecule has 5 N–H and O–H groups in total. The van der Waals surface area contributed by atoms with Crippen molar-refractivity contribution in [1.82, 2.24) is 15.3 Å². The van der Waals surface area contributed by atoms with Crippen molar-refractivity contribution < 1.29 is 14.3 Å². The van der Waals surface area contributed by atoms with Crippen molar-refractivity contribution in [2.75, 3.05) is 36.6 Å². The number of nitrogens with one attached hydrogen (secondary N) is 3. The molecule has 2 aromatic heterocycles. The zero-order chi connectivity index (χ0) is 21.3. The SMILES string of the molecule is COc1ccc(NC(=O)c2ccc(NCCNC(=O)c3cccnc3)nc2)c(N)c1. The van der Waals surface area contributed by atoms with Gasteiger partial charge in [-0.1, -0.05) is 0 Å². The van der Waals surface area contributed by atoms with Crippen molar-refractivity contribution in [2.45, 2.75) is 0 Å². The largest absolute Gasteiger partial charge is 0.497 e. The molecule has 0 aliphatic rings. The predicted octanol–water partition coefficient (Wildman–Crippen LogP) is 2.16. The number of nitrogens with two attached hydrogens (primary N) is 1. The van der Waals surface area contributed by atoms with Crippen LogP contribution in [0.3, 0.4) is 0 Å². The van der Waals surface area contributed by atoms with E-state index < -0.39 is 0 Å². The number of carbonyl (C=O) groups is 2. The number of aromatic nitrogens is 2. The summed E-state index contributed by atoms with van der Waals surface area (Å²) in [7, 11) is 1.54. The van der Waals surface area contributed by atoms with Crippen LogP contribution in [0.2, 0.25) is 0 Å². The summed E-state index contributed by atoms with van der Waals surface area (Å²) in [6.07, 6.45) is 4.58. The maximum absolute atomic E-state index is 12.4. The number of nitrogen functional groups attached to an aromatic ring is 1. The number of anilines is 3. The Morgan fingerprint density at radius 3 is 2.53 bits per heavy atom. The van der Waals surface area contributed by atoms with Crippen LogP contribution < -0.4 is 26.4 Å². The first-order valence-corrected chi connectivity index (χ1v) is 9.20. The van der Waals surface area contributed by atoms with Crippen molar-refractivity contribution in [2.24, 2.45) is 0 Å². The summed E-state index contributed by atoms with van der Waals surface area (Å²) >= 11 is 0. The Morgan fingerprint density at radius 2 is 1.87 bits per heavy atom. The van der Waals surface area contributed by atoms with Crippen molar-refractivity contribution in [1.29, 1.82) is 0 Å². The van der Waals surface area contributed by atoms with Crippen LogP contribution in [0.15, 0.2) is 61.1 Å². The molecular weight excluding hydrogens is 384 g/mol. The van der Waals surface area contributed by atoms with Crippen molar-refractivity contribution in [3.05, 3.63) is 72.2 Å². The Labute approximate surface area is 173 Å². The number of amides is 2. The molecule has 3 rings (SSSR count). The van der Waals surface area contributed by atoms with E-state index in [-0.39, 0.29) is 11.8 Å². The molecule has 9 heteroatoms. The molecule has 0 unspecified atom stereocenters. The van der Waals surface area contributed by atoms with Crippen LogP contribution >= 0.6 is 0 Å². The van der Waals surface area contributed by atoms with Gasteiger partial charge in [0.05, 0.1) is 29.6 Å². The number of rotatable bonds is 8. The van der Waals surface area contributed by atoms with E-state index in [0.717, 1.165) is 0 Å². The minimum absolute atomic E-state index is 0.192. The van der Waals surface area contributed by atoms with Gasteiger partial charge in [0.1, 0.15) is 11.6 Å².